The Morgan fingerprint density at radius 3 is 2.52 bits per heavy atom. The molecule has 0 spiro atoms. The summed E-state index contributed by atoms with van der Waals surface area (Å²) in [6.07, 6.45) is 5.68. The minimum absolute atomic E-state index is 0.366. The number of pyridine rings is 1. The quantitative estimate of drug-likeness (QED) is 0.398. The Hall–Kier alpha value is -2.62. The number of hydrogen-bond donors (Lipinski definition) is 0. The SMILES string of the molecule is C=CC(=O)OCCCCCOc1ccc(-c2ccccn2)cc1. The first-order valence-corrected chi connectivity index (χ1v) is 7.73. The summed E-state index contributed by atoms with van der Waals surface area (Å²) < 4.78 is 10.6. The molecule has 2 rings (SSSR count). The molecule has 0 bridgehead atoms. The van der Waals surface area contributed by atoms with Crippen molar-refractivity contribution in [2.45, 2.75) is 19.3 Å². The molecule has 0 atom stereocenters. The van der Waals surface area contributed by atoms with Crippen LogP contribution in [-0.2, 0) is 9.53 Å². The first-order chi connectivity index (χ1) is 11.3. The van der Waals surface area contributed by atoms with Crippen molar-refractivity contribution in [2.24, 2.45) is 0 Å². The molecule has 0 saturated carbocycles. The van der Waals surface area contributed by atoms with Gasteiger partial charge in [0.1, 0.15) is 5.75 Å². The zero-order valence-corrected chi connectivity index (χ0v) is 13.1. The highest BCUT2D eigenvalue weighted by atomic mass is 16.5. The van der Waals surface area contributed by atoms with Crippen LogP contribution in [0.25, 0.3) is 11.3 Å². The van der Waals surface area contributed by atoms with Crippen LogP contribution < -0.4 is 4.74 Å². The molecule has 120 valence electrons. The van der Waals surface area contributed by atoms with Gasteiger partial charge in [0.15, 0.2) is 0 Å². The fraction of sp³-hybridized carbons (Fsp3) is 0.263. The number of ether oxygens (including phenoxy) is 2. The Bertz CT molecular complexity index is 608. The fourth-order valence-corrected chi connectivity index (χ4v) is 2.06. The van der Waals surface area contributed by atoms with Gasteiger partial charge in [-0.25, -0.2) is 4.79 Å². The molecular formula is C19H21NO3. The topological polar surface area (TPSA) is 48.4 Å². The lowest BCUT2D eigenvalue weighted by molar-refractivity contribution is -0.137. The van der Waals surface area contributed by atoms with Crippen molar-refractivity contribution in [3.63, 3.8) is 0 Å². The molecule has 23 heavy (non-hydrogen) atoms. The van der Waals surface area contributed by atoms with E-state index in [2.05, 4.69) is 11.6 Å². The molecule has 1 aromatic heterocycles. The Morgan fingerprint density at radius 2 is 1.83 bits per heavy atom. The van der Waals surface area contributed by atoms with Crippen LogP contribution in [0, 0.1) is 0 Å². The second-order valence-electron chi connectivity index (χ2n) is 5.02. The van der Waals surface area contributed by atoms with E-state index in [1.165, 1.54) is 6.08 Å². The number of hydrogen-bond acceptors (Lipinski definition) is 4. The van der Waals surface area contributed by atoms with Crippen molar-refractivity contribution in [3.8, 4) is 17.0 Å². The fourth-order valence-electron chi connectivity index (χ4n) is 2.06. The average Bonchev–Trinajstić information content (AvgIpc) is 2.62. The molecular weight excluding hydrogens is 290 g/mol. The van der Waals surface area contributed by atoms with Gasteiger partial charge in [-0.05, 0) is 55.7 Å². The van der Waals surface area contributed by atoms with Crippen molar-refractivity contribution in [1.29, 1.82) is 0 Å². The second-order valence-corrected chi connectivity index (χ2v) is 5.02. The van der Waals surface area contributed by atoms with Crippen molar-refractivity contribution < 1.29 is 14.3 Å². The second kappa shape index (κ2) is 9.41. The maximum atomic E-state index is 10.8. The molecule has 0 N–H and O–H groups in total. The van der Waals surface area contributed by atoms with Crippen molar-refractivity contribution in [2.75, 3.05) is 13.2 Å². The Labute approximate surface area is 136 Å². The Balaban J connectivity index is 1.65. The normalized spacial score (nSPS) is 10.1. The molecule has 1 heterocycles. The maximum absolute atomic E-state index is 10.8. The van der Waals surface area contributed by atoms with Gasteiger partial charge in [0.2, 0.25) is 0 Å². The number of carbonyl (C=O) groups is 1. The highest BCUT2D eigenvalue weighted by Crippen LogP contribution is 2.20. The molecule has 0 aliphatic carbocycles. The first-order valence-electron chi connectivity index (χ1n) is 7.73. The number of unbranched alkanes of at least 4 members (excludes halogenated alkanes) is 2. The van der Waals surface area contributed by atoms with Gasteiger partial charge in [-0.3, -0.25) is 4.98 Å². The first kappa shape index (κ1) is 16.7. The minimum atomic E-state index is -0.366. The van der Waals surface area contributed by atoms with Crippen LogP contribution >= 0.6 is 0 Å². The van der Waals surface area contributed by atoms with Gasteiger partial charge >= 0.3 is 5.97 Å². The number of carbonyl (C=O) groups excluding carboxylic acids is 1. The van der Waals surface area contributed by atoms with E-state index < -0.39 is 0 Å². The monoisotopic (exact) mass is 311 g/mol. The molecule has 2 aromatic rings. The van der Waals surface area contributed by atoms with Crippen molar-refractivity contribution >= 4 is 5.97 Å². The third kappa shape index (κ3) is 5.94. The van der Waals surface area contributed by atoms with E-state index in [-0.39, 0.29) is 5.97 Å². The van der Waals surface area contributed by atoms with Crippen LogP contribution in [0.1, 0.15) is 19.3 Å². The summed E-state index contributed by atoms with van der Waals surface area (Å²) >= 11 is 0. The molecule has 0 radical (unpaired) electrons. The molecule has 0 saturated heterocycles. The number of aromatic nitrogens is 1. The van der Waals surface area contributed by atoms with Crippen LogP contribution in [-0.4, -0.2) is 24.2 Å². The minimum Gasteiger partial charge on any atom is -0.494 e. The lowest BCUT2D eigenvalue weighted by Crippen LogP contribution is -2.03. The van der Waals surface area contributed by atoms with Gasteiger partial charge in [0, 0.05) is 17.8 Å². The maximum Gasteiger partial charge on any atom is 0.330 e. The van der Waals surface area contributed by atoms with Crippen molar-refractivity contribution in [3.05, 3.63) is 61.3 Å². The van der Waals surface area contributed by atoms with Crippen LogP contribution in [0.5, 0.6) is 5.75 Å². The predicted octanol–water partition coefficient (Wildman–Crippen LogP) is 4.03. The van der Waals surface area contributed by atoms with Gasteiger partial charge < -0.3 is 9.47 Å². The summed E-state index contributed by atoms with van der Waals surface area (Å²) in [5.41, 5.74) is 2.02. The van der Waals surface area contributed by atoms with E-state index in [1.54, 1.807) is 6.20 Å². The van der Waals surface area contributed by atoms with Gasteiger partial charge in [-0.2, -0.15) is 0 Å². The summed E-state index contributed by atoms with van der Waals surface area (Å²) in [6.45, 7) is 4.43. The third-order valence-electron chi connectivity index (χ3n) is 3.28. The Morgan fingerprint density at radius 1 is 1.04 bits per heavy atom. The average molecular weight is 311 g/mol. The van der Waals surface area contributed by atoms with Crippen LogP contribution in [0.15, 0.2) is 61.3 Å². The highest BCUT2D eigenvalue weighted by molar-refractivity contribution is 5.81. The lowest BCUT2D eigenvalue weighted by atomic mass is 10.1. The molecule has 0 fully saturated rings. The number of rotatable bonds is 9. The summed E-state index contributed by atoms with van der Waals surface area (Å²) in [6, 6.07) is 13.8. The van der Waals surface area contributed by atoms with Gasteiger partial charge in [-0.1, -0.05) is 12.6 Å². The molecule has 0 aliphatic rings. The predicted molar refractivity (Wildman–Crippen MR) is 90.2 cm³/mol. The van der Waals surface area contributed by atoms with E-state index >= 15 is 0 Å². The van der Waals surface area contributed by atoms with Gasteiger partial charge in [0.25, 0.3) is 0 Å². The van der Waals surface area contributed by atoms with Crippen molar-refractivity contribution in [1.82, 2.24) is 4.98 Å². The lowest BCUT2D eigenvalue weighted by Gasteiger charge is -2.07. The van der Waals surface area contributed by atoms with Gasteiger partial charge in [-0.15, -0.1) is 0 Å². The summed E-state index contributed by atoms with van der Waals surface area (Å²) in [4.78, 5) is 15.2. The molecule has 0 amide bonds. The number of esters is 1. The third-order valence-corrected chi connectivity index (χ3v) is 3.28. The van der Waals surface area contributed by atoms with E-state index in [1.807, 2.05) is 42.5 Å². The molecule has 0 unspecified atom stereocenters. The summed E-state index contributed by atoms with van der Waals surface area (Å²) in [5.74, 6) is 0.483. The number of benzene rings is 1. The van der Waals surface area contributed by atoms with Crippen LogP contribution in [0.2, 0.25) is 0 Å². The van der Waals surface area contributed by atoms with Crippen LogP contribution in [0.3, 0.4) is 0 Å². The Kier molecular flexibility index (Phi) is 6.85. The van der Waals surface area contributed by atoms with E-state index in [4.69, 9.17) is 9.47 Å². The van der Waals surface area contributed by atoms with E-state index in [9.17, 15) is 4.79 Å². The molecule has 0 aliphatic heterocycles. The highest BCUT2D eigenvalue weighted by Gasteiger charge is 2.00. The van der Waals surface area contributed by atoms with Gasteiger partial charge in [0.05, 0.1) is 18.9 Å². The summed E-state index contributed by atoms with van der Waals surface area (Å²) in [5, 5.41) is 0. The van der Waals surface area contributed by atoms with E-state index in [0.29, 0.717) is 13.2 Å². The summed E-state index contributed by atoms with van der Waals surface area (Å²) in [7, 11) is 0. The molecule has 1 aromatic carbocycles. The van der Waals surface area contributed by atoms with Crippen LogP contribution in [0.4, 0.5) is 0 Å². The molecule has 4 heteroatoms. The standard InChI is InChI=1S/C19H21NO3/c1-2-19(21)23-15-7-3-6-14-22-17-11-9-16(10-12-17)18-8-4-5-13-20-18/h2,4-5,8-13H,1,3,6-7,14-15H2. The molecule has 4 nitrogen and oxygen atoms in total. The largest absolute Gasteiger partial charge is 0.494 e. The number of nitrogens with zero attached hydrogens (tertiary/aromatic N) is 1. The smallest absolute Gasteiger partial charge is 0.330 e. The van der Waals surface area contributed by atoms with E-state index in [0.717, 1.165) is 36.3 Å². The zero-order valence-electron chi connectivity index (χ0n) is 13.1. The zero-order chi connectivity index (χ0) is 16.3.